The van der Waals surface area contributed by atoms with Crippen molar-refractivity contribution in [3.63, 3.8) is 0 Å². The Morgan fingerprint density at radius 1 is 0.704 bits per heavy atom. The molecular weight excluding hydrogens is 340 g/mol. The fourth-order valence-electron chi connectivity index (χ4n) is 6.93. The predicted molar refractivity (Wildman–Crippen MR) is 96.9 cm³/mol. The van der Waals surface area contributed by atoms with Crippen molar-refractivity contribution >= 4 is 0 Å². The minimum Gasteiger partial charge on any atom is -0.454 e. The van der Waals surface area contributed by atoms with Crippen molar-refractivity contribution in [3.05, 3.63) is 70.8 Å². The van der Waals surface area contributed by atoms with Gasteiger partial charge in [-0.15, -0.1) is 0 Å². The van der Waals surface area contributed by atoms with Crippen LogP contribution >= 0.6 is 0 Å². The lowest BCUT2D eigenvalue weighted by Gasteiger charge is -2.58. The Morgan fingerprint density at radius 3 is 2.11 bits per heavy atom. The van der Waals surface area contributed by atoms with Gasteiger partial charge >= 0.3 is 0 Å². The lowest BCUT2D eigenvalue weighted by molar-refractivity contribution is 0.173. The van der Waals surface area contributed by atoms with E-state index in [1.165, 1.54) is 22.3 Å². The second-order valence-electron chi connectivity index (χ2n) is 8.43. The molecule has 2 aromatic rings. The third kappa shape index (κ3) is 1.16. The van der Waals surface area contributed by atoms with E-state index in [-0.39, 0.29) is 10.8 Å². The molecule has 0 unspecified atom stereocenters. The van der Waals surface area contributed by atoms with E-state index in [0.29, 0.717) is 25.4 Å². The molecule has 0 aromatic heterocycles. The highest BCUT2D eigenvalue weighted by molar-refractivity contribution is 5.75. The molecule has 27 heavy (non-hydrogen) atoms. The summed E-state index contributed by atoms with van der Waals surface area (Å²) in [4.78, 5) is 0. The molecule has 0 amide bonds. The van der Waals surface area contributed by atoms with Crippen LogP contribution in [0.3, 0.4) is 0 Å². The van der Waals surface area contributed by atoms with Gasteiger partial charge in [0.25, 0.3) is 0 Å². The maximum atomic E-state index is 5.71. The highest BCUT2D eigenvalue weighted by Gasteiger charge is 2.74. The van der Waals surface area contributed by atoms with Crippen LogP contribution in [0, 0.1) is 0 Å². The molecule has 4 heteroatoms. The van der Waals surface area contributed by atoms with Crippen LogP contribution in [-0.2, 0) is 10.8 Å². The van der Waals surface area contributed by atoms with Gasteiger partial charge in [0.2, 0.25) is 13.6 Å². The summed E-state index contributed by atoms with van der Waals surface area (Å²) in [6, 6.07) is 8.93. The van der Waals surface area contributed by atoms with E-state index < -0.39 is 0 Å². The normalized spacial score (nSPS) is 36.1. The fraction of sp³-hybridized carbons (Fsp3) is 0.304. The third-order valence-corrected chi connectivity index (χ3v) is 7.77. The molecule has 4 atom stereocenters. The quantitative estimate of drug-likeness (QED) is 0.714. The number of benzene rings is 2. The molecule has 2 heterocycles. The number of hydrogen-bond donors (Lipinski definition) is 0. The van der Waals surface area contributed by atoms with Gasteiger partial charge in [-0.3, -0.25) is 0 Å². The summed E-state index contributed by atoms with van der Waals surface area (Å²) < 4.78 is 22.8. The van der Waals surface area contributed by atoms with Crippen molar-refractivity contribution in [2.75, 3.05) is 13.6 Å². The Kier molecular flexibility index (Phi) is 1.90. The molecule has 2 bridgehead atoms. The van der Waals surface area contributed by atoms with Crippen molar-refractivity contribution < 1.29 is 18.9 Å². The zero-order valence-electron chi connectivity index (χ0n) is 14.5. The zero-order chi connectivity index (χ0) is 17.4. The molecule has 4 aliphatic carbocycles. The van der Waals surface area contributed by atoms with Crippen molar-refractivity contribution in [2.24, 2.45) is 0 Å². The Bertz CT molecular complexity index is 1130. The molecule has 6 aliphatic rings. The van der Waals surface area contributed by atoms with E-state index in [1.54, 1.807) is 0 Å². The first-order valence-electron chi connectivity index (χ1n) is 9.57. The highest BCUT2D eigenvalue weighted by Crippen LogP contribution is 2.80. The highest BCUT2D eigenvalue weighted by atomic mass is 16.7. The van der Waals surface area contributed by atoms with Gasteiger partial charge in [0, 0.05) is 16.7 Å². The number of hydrogen-bond acceptors (Lipinski definition) is 4. The molecule has 1 fully saturated rings. The second-order valence-corrected chi connectivity index (χ2v) is 8.43. The van der Waals surface area contributed by atoms with Gasteiger partial charge in [-0.1, -0.05) is 24.3 Å². The van der Waals surface area contributed by atoms with Crippen LogP contribution in [0.4, 0.5) is 0 Å². The lowest BCUT2D eigenvalue weighted by Crippen LogP contribution is -2.54. The zero-order valence-corrected chi connectivity index (χ0v) is 14.5. The SMILES string of the molecule is C1=C[C@]23c4cc5c(cc4[C@H]2[C@H]2C[C@]3(C=C1)c1cc3c(cc12)OCO3)OCO5. The minimum absolute atomic E-state index is 0.00586. The molecule has 132 valence electrons. The molecule has 8 rings (SSSR count). The fourth-order valence-corrected chi connectivity index (χ4v) is 6.93. The average Bonchev–Trinajstić information content (AvgIpc) is 3.43. The summed E-state index contributed by atoms with van der Waals surface area (Å²) in [5, 5.41) is 0. The van der Waals surface area contributed by atoms with Crippen molar-refractivity contribution in [2.45, 2.75) is 29.1 Å². The molecule has 0 N–H and O–H groups in total. The van der Waals surface area contributed by atoms with Crippen molar-refractivity contribution in [1.82, 2.24) is 0 Å². The number of ether oxygens (including phenoxy) is 4. The number of rotatable bonds is 0. The summed E-state index contributed by atoms with van der Waals surface area (Å²) in [6.45, 7) is 0.643. The first-order chi connectivity index (χ1) is 13.3. The van der Waals surface area contributed by atoms with Gasteiger partial charge in [0.05, 0.1) is 0 Å². The second kappa shape index (κ2) is 3.86. The standard InChI is InChI=1S/C23H16O4/c1-2-4-23-16-8-20-18(25-11-27-20)6-13(16)21(23)14-9-22(23,3-1)15-7-19-17(5-12(14)15)24-10-26-19/h1-8,14,21H,9-11H2/t14-,21-,22+,23-/m0/s1. The van der Waals surface area contributed by atoms with Crippen LogP contribution in [0.25, 0.3) is 0 Å². The van der Waals surface area contributed by atoms with E-state index in [0.717, 1.165) is 29.4 Å². The summed E-state index contributed by atoms with van der Waals surface area (Å²) >= 11 is 0. The molecule has 0 radical (unpaired) electrons. The monoisotopic (exact) mass is 356 g/mol. The van der Waals surface area contributed by atoms with Crippen LogP contribution in [0.1, 0.15) is 40.5 Å². The molecule has 2 aliphatic heterocycles. The van der Waals surface area contributed by atoms with Gasteiger partial charge in [0.15, 0.2) is 23.0 Å². The predicted octanol–water partition coefficient (Wildman–Crippen LogP) is 4.04. The average molecular weight is 356 g/mol. The minimum atomic E-state index is -0.00586. The largest absolute Gasteiger partial charge is 0.454 e. The van der Waals surface area contributed by atoms with E-state index >= 15 is 0 Å². The van der Waals surface area contributed by atoms with Crippen LogP contribution in [0.5, 0.6) is 23.0 Å². The Balaban J connectivity index is 1.44. The summed E-state index contributed by atoms with van der Waals surface area (Å²) in [6.07, 6.45) is 10.4. The van der Waals surface area contributed by atoms with E-state index in [4.69, 9.17) is 18.9 Å². The first kappa shape index (κ1) is 13.3. The van der Waals surface area contributed by atoms with Crippen LogP contribution in [-0.4, -0.2) is 13.6 Å². The number of fused-ring (bicyclic) bond motifs is 8. The van der Waals surface area contributed by atoms with E-state index in [9.17, 15) is 0 Å². The Hall–Kier alpha value is -2.88. The van der Waals surface area contributed by atoms with Gasteiger partial charge in [-0.05, 0) is 58.9 Å². The van der Waals surface area contributed by atoms with Gasteiger partial charge < -0.3 is 18.9 Å². The van der Waals surface area contributed by atoms with Crippen molar-refractivity contribution in [1.29, 1.82) is 0 Å². The topological polar surface area (TPSA) is 36.9 Å². The molecule has 1 saturated carbocycles. The molecule has 2 spiro atoms. The lowest BCUT2D eigenvalue weighted by atomic mass is 9.44. The molecule has 2 aromatic carbocycles. The number of allylic oxidation sites excluding steroid dienone is 4. The summed E-state index contributed by atoms with van der Waals surface area (Å²) in [7, 11) is 0. The maximum absolute atomic E-state index is 5.71. The van der Waals surface area contributed by atoms with Gasteiger partial charge in [0.1, 0.15) is 0 Å². The molecule has 4 nitrogen and oxygen atoms in total. The van der Waals surface area contributed by atoms with E-state index in [1.807, 2.05) is 0 Å². The maximum Gasteiger partial charge on any atom is 0.231 e. The first-order valence-corrected chi connectivity index (χ1v) is 9.57. The van der Waals surface area contributed by atoms with Gasteiger partial charge in [-0.25, -0.2) is 0 Å². The molecule has 0 saturated heterocycles. The smallest absolute Gasteiger partial charge is 0.231 e. The van der Waals surface area contributed by atoms with Crippen LogP contribution in [0.2, 0.25) is 0 Å². The molecular formula is C23H16O4. The van der Waals surface area contributed by atoms with Crippen LogP contribution in [0.15, 0.2) is 48.6 Å². The Morgan fingerprint density at radius 2 is 1.33 bits per heavy atom. The van der Waals surface area contributed by atoms with Crippen LogP contribution < -0.4 is 18.9 Å². The third-order valence-electron chi connectivity index (χ3n) is 7.77. The van der Waals surface area contributed by atoms with Crippen molar-refractivity contribution in [3.8, 4) is 23.0 Å². The van der Waals surface area contributed by atoms with Gasteiger partial charge in [-0.2, -0.15) is 0 Å². The summed E-state index contributed by atoms with van der Waals surface area (Å²) in [5.41, 5.74) is 5.69. The summed E-state index contributed by atoms with van der Waals surface area (Å²) in [5.74, 6) is 4.53. The van der Waals surface area contributed by atoms with E-state index in [2.05, 4.69) is 48.6 Å². The Labute approximate surface area is 156 Å².